The molecule has 0 saturated carbocycles. The fourth-order valence-electron chi connectivity index (χ4n) is 1.55. The van der Waals surface area contributed by atoms with Crippen LogP contribution >= 0.6 is 0 Å². The molecular formula is C11H17F3N4O. The van der Waals surface area contributed by atoms with E-state index in [1.807, 2.05) is 0 Å². The number of anilines is 2. The van der Waals surface area contributed by atoms with Gasteiger partial charge in [-0.25, -0.2) is 9.97 Å². The molecule has 0 amide bonds. The summed E-state index contributed by atoms with van der Waals surface area (Å²) in [4.78, 5) is 8.50. The Hall–Kier alpha value is -1.57. The molecule has 0 spiro atoms. The normalized spacial score (nSPS) is 11.5. The van der Waals surface area contributed by atoms with E-state index >= 15 is 0 Å². The number of aliphatic hydroxyl groups is 1. The Labute approximate surface area is 109 Å². The Morgan fingerprint density at radius 3 is 2.47 bits per heavy atom. The number of alkyl halides is 3. The molecule has 1 aromatic heterocycles. The van der Waals surface area contributed by atoms with Crippen LogP contribution in [0.3, 0.4) is 0 Å². The quantitative estimate of drug-likeness (QED) is 0.830. The Balaban J connectivity index is 3.18. The summed E-state index contributed by atoms with van der Waals surface area (Å²) in [7, 11) is 0. The first kappa shape index (κ1) is 15.5. The summed E-state index contributed by atoms with van der Waals surface area (Å²) in [5, 5.41) is 11.6. The number of likely N-dealkylation sites (N-methyl/N-ethyl adjacent to an activating group) is 1. The largest absolute Gasteiger partial charge is 0.451 e. The SMILES string of the molecule is CCNc1cc(N(CC)CCO)nc(C(F)(F)F)n1. The lowest BCUT2D eigenvalue weighted by molar-refractivity contribution is -0.144. The van der Waals surface area contributed by atoms with Crippen LogP contribution in [0.2, 0.25) is 0 Å². The summed E-state index contributed by atoms with van der Waals surface area (Å²) in [5.74, 6) is -0.914. The Bertz CT molecular complexity index is 411. The van der Waals surface area contributed by atoms with Crippen LogP contribution in [-0.2, 0) is 6.18 Å². The second-order valence-electron chi connectivity index (χ2n) is 3.77. The predicted octanol–water partition coefficient (Wildman–Crippen LogP) is 1.75. The lowest BCUT2D eigenvalue weighted by atomic mass is 10.4. The number of aliphatic hydroxyl groups excluding tert-OH is 1. The maximum absolute atomic E-state index is 12.7. The first-order valence-electron chi connectivity index (χ1n) is 5.98. The fraction of sp³-hybridized carbons (Fsp3) is 0.636. The fourth-order valence-corrected chi connectivity index (χ4v) is 1.55. The number of nitrogens with zero attached hydrogens (tertiary/aromatic N) is 3. The van der Waals surface area contributed by atoms with Crippen molar-refractivity contribution in [3.63, 3.8) is 0 Å². The molecule has 5 nitrogen and oxygen atoms in total. The molecule has 0 saturated heterocycles. The molecule has 0 unspecified atom stereocenters. The third-order valence-electron chi connectivity index (χ3n) is 2.40. The molecule has 0 bridgehead atoms. The number of rotatable bonds is 6. The minimum Gasteiger partial charge on any atom is -0.395 e. The highest BCUT2D eigenvalue weighted by atomic mass is 19.4. The highest BCUT2D eigenvalue weighted by Gasteiger charge is 2.35. The van der Waals surface area contributed by atoms with Gasteiger partial charge in [0.2, 0.25) is 5.82 Å². The van der Waals surface area contributed by atoms with Crippen LogP contribution in [0.5, 0.6) is 0 Å². The topological polar surface area (TPSA) is 61.3 Å². The lowest BCUT2D eigenvalue weighted by Crippen LogP contribution is -2.28. The van der Waals surface area contributed by atoms with E-state index in [4.69, 9.17) is 5.11 Å². The van der Waals surface area contributed by atoms with Crippen LogP contribution in [0.15, 0.2) is 6.07 Å². The number of nitrogens with one attached hydrogen (secondary N) is 1. The Morgan fingerprint density at radius 2 is 2.00 bits per heavy atom. The van der Waals surface area contributed by atoms with E-state index in [0.717, 1.165) is 0 Å². The third kappa shape index (κ3) is 4.23. The molecule has 0 aliphatic rings. The zero-order valence-corrected chi connectivity index (χ0v) is 10.8. The molecular weight excluding hydrogens is 261 g/mol. The van der Waals surface area contributed by atoms with Gasteiger partial charge in [-0.2, -0.15) is 13.2 Å². The highest BCUT2D eigenvalue weighted by Crippen LogP contribution is 2.29. The molecule has 0 aliphatic carbocycles. The number of hydrogen-bond acceptors (Lipinski definition) is 5. The number of hydrogen-bond donors (Lipinski definition) is 2. The maximum Gasteiger partial charge on any atom is 0.451 e. The van der Waals surface area contributed by atoms with Gasteiger partial charge in [0.15, 0.2) is 0 Å². The van der Waals surface area contributed by atoms with Gasteiger partial charge in [0.1, 0.15) is 11.6 Å². The number of halogens is 3. The van der Waals surface area contributed by atoms with E-state index in [-0.39, 0.29) is 24.8 Å². The summed E-state index contributed by atoms with van der Waals surface area (Å²) in [6, 6.07) is 1.44. The van der Waals surface area contributed by atoms with Crippen molar-refractivity contribution in [2.75, 3.05) is 36.5 Å². The molecule has 108 valence electrons. The van der Waals surface area contributed by atoms with Crippen LogP contribution in [0.4, 0.5) is 24.8 Å². The minimum atomic E-state index is -4.60. The van der Waals surface area contributed by atoms with Gasteiger partial charge in [-0.1, -0.05) is 0 Å². The second-order valence-corrected chi connectivity index (χ2v) is 3.77. The summed E-state index contributed by atoms with van der Waals surface area (Å²) < 4.78 is 38.2. The van der Waals surface area contributed by atoms with Gasteiger partial charge in [0.05, 0.1) is 6.61 Å². The van der Waals surface area contributed by atoms with Crippen LogP contribution in [0.25, 0.3) is 0 Å². The van der Waals surface area contributed by atoms with Crippen molar-refractivity contribution in [1.82, 2.24) is 9.97 Å². The summed E-state index contributed by atoms with van der Waals surface area (Å²) in [5.41, 5.74) is 0. The van der Waals surface area contributed by atoms with Gasteiger partial charge in [-0.15, -0.1) is 0 Å². The lowest BCUT2D eigenvalue weighted by Gasteiger charge is -2.22. The molecule has 0 atom stereocenters. The van der Waals surface area contributed by atoms with Gasteiger partial charge in [0.25, 0.3) is 0 Å². The summed E-state index contributed by atoms with van der Waals surface area (Å²) >= 11 is 0. The van der Waals surface area contributed by atoms with E-state index in [1.54, 1.807) is 18.7 Å². The van der Waals surface area contributed by atoms with Crippen molar-refractivity contribution < 1.29 is 18.3 Å². The van der Waals surface area contributed by atoms with Gasteiger partial charge in [-0.05, 0) is 13.8 Å². The van der Waals surface area contributed by atoms with Crippen molar-refractivity contribution in [3.05, 3.63) is 11.9 Å². The predicted molar refractivity (Wildman–Crippen MR) is 66.2 cm³/mol. The molecule has 19 heavy (non-hydrogen) atoms. The van der Waals surface area contributed by atoms with E-state index in [2.05, 4.69) is 15.3 Å². The van der Waals surface area contributed by atoms with E-state index in [0.29, 0.717) is 13.1 Å². The van der Waals surface area contributed by atoms with Crippen molar-refractivity contribution >= 4 is 11.6 Å². The van der Waals surface area contributed by atoms with Crippen molar-refractivity contribution in [2.45, 2.75) is 20.0 Å². The van der Waals surface area contributed by atoms with Gasteiger partial charge in [-0.3, -0.25) is 0 Å². The molecule has 1 aromatic rings. The zero-order valence-electron chi connectivity index (χ0n) is 10.8. The van der Waals surface area contributed by atoms with Crippen LogP contribution in [-0.4, -0.2) is 41.3 Å². The second kappa shape index (κ2) is 6.55. The highest BCUT2D eigenvalue weighted by molar-refractivity contribution is 5.49. The standard InChI is InChI=1S/C11H17F3N4O/c1-3-15-8-7-9(18(4-2)5-6-19)17-10(16-8)11(12,13)14/h7,19H,3-6H2,1-2H3,(H,15,16,17). The van der Waals surface area contributed by atoms with Crippen molar-refractivity contribution in [1.29, 1.82) is 0 Å². The summed E-state index contributed by atoms with van der Waals surface area (Å²) in [6.45, 7) is 4.50. The Morgan fingerprint density at radius 1 is 1.32 bits per heavy atom. The molecule has 0 aliphatic heterocycles. The smallest absolute Gasteiger partial charge is 0.395 e. The van der Waals surface area contributed by atoms with E-state index in [1.165, 1.54) is 6.07 Å². The Kier molecular flexibility index (Phi) is 5.34. The van der Waals surface area contributed by atoms with Gasteiger partial charge < -0.3 is 15.3 Å². The van der Waals surface area contributed by atoms with Gasteiger partial charge >= 0.3 is 6.18 Å². The first-order chi connectivity index (χ1) is 8.92. The van der Waals surface area contributed by atoms with E-state index in [9.17, 15) is 13.2 Å². The van der Waals surface area contributed by atoms with Gasteiger partial charge in [0, 0.05) is 25.7 Å². The zero-order chi connectivity index (χ0) is 14.5. The number of aromatic nitrogens is 2. The molecule has 0 radical (unpaired) electrons. The molecule has 2 N–H and O–H groups in total. The van der Waals surface area contributed by atoms with Crippen LogP contribution < -0.4 is 10.2 Å². The first-order valence-corrected chi connectivity index (χ1v) is 5.98. The molecule has 1 heterocycles. The van der Waals surface area contributed by atoms with Crippen LogP contribution in [0, 0.1) is 0 Å². The molecule has 0 aromatic carbocycles. The molecule has 0 fully saturated rings. The maximum atomic E-state index is 12.7. The van der Waals surface area contributed by atoms with Crippen molar-refractivity contribution in [3.8, 4) is 0 Å². The monoisotopic (exact) mass is 278 g/mol. The average Bonchev–Trinajstić information content (AvgIpc) is 2.35. The summed E-state index contributed by atoms with van der Waals surface area (Å²) in [6.07, 6.45) is -4.60. The molecule has 1 rings (SSSR count). The van der Waals surface area contributed by atoms with Crippen LogP contribution in [0.1, 0.15) is 19.7 Å². The minimum absolute atomic E-state index is 0.121. The average molecular weight is 278 g/mol. The van der Waals surface area contributed by atoms with E-state index < -0.39 is 12.0 Å². The van der Waals surface area contributed by atoms with Crippen molar-refractivity contribution in [2.24, 2.45) is 0 Å². The molecule has 8 heteroatoms. The third-order valence-corrected chi connectivity index (χ3v) is 2.40.